The van der Waals surface area contributed by atoms with Crippen LogP contribution in [0.25, 0.3) is 10.9 Å². The second kappa shape index (κ2) is 5.02. The van der Waals surface area contributed by atoms with Gasteiger partial charge in [-0.3, -0.25) is 4.79 Å². The summed E-state index contributed by atoms with van der Waals surface area (Å²) in [5.74, 6) is 1.19. The number of anilines is 1. The van der Waals surface area contributed by atoms with Gasteiger partial charge in [0.2, 0.25) is 5.78 Å². The molecule has 3 heterocycles. The number of fused-ring (bicyclic) bond motifs is 5. The summed E-state index contributed by atoms with van der Waals surface area (Å²) in [5, 5.41) is 11.0. The van der Waals surface area contributed by atoms with E-state index in [4.69, 9.17) is 10.7 Å². The quantitative estimate of drug-likeness (QED) is 0.667. The van der Waals surface area contributed by atoms with Gasteiger partial charge in [0, 0.05) is 41.1 Å². The van der Waals surface area contributed by atoms with Crippen LogP contribution in [0, 0.1) is 23.2 Å². The van der Waals surface area contributed by atoms with Gasteiger partial charge in [0.25, 0.3) is 0 Å². The molecule has 1 unspecified atom stereocenters. The Morgan fingerprint density at radius 1 is 1.36 bits per heavy atom. The van der Waals surface area contributed by atoms with Crippen molar-refractivity contribution in [3.63, 3.8) is 0 Å². The van der Waals surface area contributed by atoms with Crippen LogP contribution in [-0.2, 0) is 5.41 Å². The van der Waals surface area contributed by atoms with E-state index in [0.717, 1.165) is 51.0 Å². The molecule has 1 saturated carbocycles. The first-order valence-electron chi connectivity index (χ1n) is 9.53. The van der Waals surface area contributed by atoms with Crippen molar-refractivity contribution in [1.29, 1.82) is 5.26 Å². The number of H-pyrrole nitrogens is 1. The number of carbonyl (C=O) groups excluding carboxylic acids is 1. The second-order valence-corrected chi connectivity index (χ2v) is 9.66. The molecule has 0 bridgehead atoms. The number of nitriles is 1. The largest absolute Gasteiger partial charge is 0.357 e. The molecule has 3 aliphatic rings. The Morgan fingerprint density at radius 2 is 2.11 bits per heavy atom. The van der Waals surface area contributed by atoms with Crippen molar-refractivity contribution in [2.24, 2.45) is 17.6 Å². The highest BCUT2D eigenvalue weighted by Gasteiger charge is 2.54. The molecule has 0 spiro atoms. The van der Waals surface area contributed by atoms with Crippen molar-refractivity contribution in [3.8, 4) is 6.07 Å². The maximum absolute atomic E-state index is 13.4. The number of benzene rings is 1. The third-order valence-corrected chi connectivity index (χ3v) is 7.84. The molecule has 1 saturated heterocycles. The number of aromatic amines is 1. The highest BCUT2D eigenvalue weighted by molar-refractivity contribution is 7.18. The van der Waals surface area contributed by atoms with Crippen LogP contribution in [0.15, 0.2) is 18.2 Å². The summed E-state index contributed by atoms with van der Waals surface area (Å²) in [6, 6.07) is 7.96. The number of nitrogens with two attached hydrogens (primary N) is 1. The Kier molecular flexibility index (Phi) is 2.92. The molecule has 140 valence electrons. The summed E-state index contributed by atoms with van der Waals surface area (Å²) < 4.78 is 0. The zero-order valence-corrected chi connectivity index (χ0v) is 16.4. The number of hydrogen-bond acceptors (Lipinski definition) is 6. The van der Waals surface area contributed by atoms with E-state index in [1.54, 1.807) is 6.07 Å². The van der Waals surface area contributed by atoms with E-state index in [1.807, 2.05) is 12.1 Å². The summed E-state index contributed by atoms with van der Waals surface area (Å²) in [7, 11) is 0. The van der Waals surface area contributed by atoms with Gasteiger partial charge in [-0.2, -0.15) is 5.26 Å². The third-order valence-electron chi connectivity index (χ3n) is 6.72. The lowest BCUT2D eigenvalue weighted by molar-refractivity contribution is 0.103. The lowest BCUT2D eigenvalue weighted by Gasteiger charge is -2.28. The van der Waals surface area contributed by atoms with Crippen molar-refractivity contribution < 1.29 is 4.79 Å². The molecule has 2 aliphatic carbocycles. The van der Waals surface area contributed by atoms with Crippen LogP contribution in [0.2, 0.25) is 0 Å². The molecular weight excluding hydrogens is 370 g/mol. The predicted molar refractivity (Wildman–Crippen MR) is 108 cm³/mol. The standard InChI is InChI=1S/C21H19N5OS/c1-21(2)18-14(10-4-3-9(6-22)5-13(10)24-18)16(27)17-19(21)25-20(28-17)26-7-11-12(8-26)15(11)23/h3-5,11-12,15,24H,7-8,23H2,1-2H3/t11-,12+,15?. The molecule has 1 aliphatic heterocycles. The molecule has 1 aromatic carbocycles. The fraction of sp³-hybridized carbons (Fsp3) is 0.381. The number of piperidine rings is 1. The summed E-state index contributed by atoms with van der Waals surface area (Å²) in [6.07, 6.45) is 0. The Morgan fingerprint density at radius 3 is 2.82 bits per heavy atom. The minimum Gasteiger partial charge on any atom is -0.357 e. The third kappa shape index (κ3) is 1.89. The molecule has 6 nitrogen and oxygen atoms in total. The number of rotatable bonds is 1. The number of ketones is 1. The fourth-order valence-corrected chi connectivity index (χ4v) is 6.14. The Bertz CT molecular complexity index is 1220. The molecule has 2 fully saturated rings. The molecule has 7 heteroatoms. The number of aromatic nitrogens is 2. The van der Waals surface area contributed by atoms with E-state index < -0.39 is 5.41 Å². The Hall–Kier alpha value is -2.69. The van der Waals surface area contributed by atoms with E-state index >= 15 is 0 Å². The van der Waals surface area contributed by atoms with Gasteiger partial charge >= 0.3 is 0 Å². The van der Waals surface area contributed by atoms with Crippen molar-refractivity contribution in [1.82, 2.24) is 9.97 Å². The van der Waals surface area contributed by atoms with Crippen LogP contribution >= 0.6 is 11.3 Å². The van der Waals surface area contributed by atoms with E-state index in [2.05, 4.69) is 29.8 Å². The molecule has 0 radical (unpaired) electrons. The van der Waals surface area contributed by atoms with Gasteiger partial charge < -0.3 is 15.6 Å². The minimum absolute atomic E-state index is 0.0325. The molecular formula is C21H19N5OS. The molecule has 0 amide bonds. The molecule has 3 aromatic rings. The van der Waals surface area contributed by atoms with Crippen molar-refractivity contribution in [3.05, 3.63) is 45.6 Å². The number of thiazole rings is 1. The Balaban J connectivity index is 1.48. The predicted octanol–water partition coefficient (Wildman–Crippen LogP) is 2.76. The summed E-state index contributed by atoms with van der Waals surface area (Å²) in [4.78, 5) is 24.8. The minimum atomic E-state index is -0.405. The Labute approximate surface area is 166 Å². The molecule has 3 atom stereocenters. The maximum Gasteiger partial charge on any atom is 0.207 e. The van der Waals surface area contributed by atoms with Crippen LogP contribution in [-0.4, -0.2) is 34.9 Å². The first-order valence-corrected chi connectivity index (χ1v) is 10.3. The van der Waals surface area contributed by atoms with Gasteiger partial charge in [-0.25, -0.2) is 4.98 Å². The molecule has 2 aromatic heterocycles. The van der Waals surface area contributed by atoms with Gasteiger partial charge in [0.15, 0.2) is 5.13 Å². The summed E-state index contributed by atoms with van der Waals surface area (Å²) in [5.41, 5.74) is 9.53. The average molecular weight is 389 g/mol. The number of nitrogens with zero attached hydrogens (tertiary/aromatic N) is 3. The highest BCUT2D eigenvalue weighted by atomic mass is 32.1. The molecule has 6 rings (SSSR count). The van der Waals surface area contributed by atoms with Crippen molar-refractivity contribution in [2.75, 3.05) is 18.0 Å². The first-order chi connectivity index (χ1) is 13.4. The normalized spacial score (nSPS) is 26.7. The van der Waals surface area contributed by atoms with Crippen molar-refractivity contribution >= 4 is 33.2 Å². The fourth-order valence-electron chi connectivity index (χ4n) is 4.95. The summed E-state index contributed by atoms with van der Waals surface area (Å²) >= 11 is 1.51. The van der Waals surface area contributed by atoms with Gasteiger partial charge in [-0.05, 0) is 37.8 Å². The maximum atomic E-state index is 13.4. The van der Waals surface area contributed by atoms with Crippen LogP contribution in [0.4, 0.5) is 5.13 Å². The second-order valence-electron chi connectivity index (χ2n) is 8.69. The first kappa shape index (κ1) is 16.3. The summed E-state index contributed by atoms with van der Waals surface area (Å²) in [6.45, 7) is 6.10. The topological polar surface area (TPSA) is 98.8 Å². The lowest BCUT2D eigenvalue weighted by Crippen LogP contribution is -2.30. The van der Waals surface area contributed by atoms with Gasteiger partial charge in [0.1, 0.15) is 4.88 Å². The van der Waals surface area contributed by atoms with Gasteiger partial charge in [-0.1, -0.05) is 17.4 Å². The smallest absolute Gasteiger partial charge is 0.207 e. The zero-order chi connectivity index (χ0) is 19.4. The zero-order valence-electron chi connectivity index (χ0n) is 15.6. The van der Waals surface area contributed by atoms with E-state index in [-0.39, 0.29) is 5.78 Å². The monoisotopic (exact) mass is 389 g/mol. The van der Waals surface area contributed by atoms with Gasteiger partial charge in [0.05, 0.1) is 22.9 Å². The number of carbonyl (C=O) groups is 1. The van der Waals surface area contributed by atoms with Gasteiger partial charge in [-0.15, -0.1) is 0 Å². The van der Waals surface area contributed by atoms with Crippen LogP contribution in [0.1, 0.15) is 46.0 Å². The van der Waals surface area contributed by atoms with E-state index in [1.165, 1.54) is 11.3 Å². The van der Waals surface area contributed by atoms with Crippen LogP contribution < -0.4 is 10.6 Å². The highest BCUT2D eigenvalue weighted by Crippen LogP contribution is 2.50. The van der Waals surface area contributed by atoms with E-state index in [0.29, 0.717) is 23.4 Å². The molecule has 3 N–H and O–H groups in total. The number of nitrogens with one attached hydrogen (secondary N) is 1. The van der Waals surface area contributed by atoms with Crippen LogP contribution in [0.3, 0.4) is 0 Å². The SMILES string of the molecule is CC1(C)c2nc(N3C[C@@H]4C(N)[C@@H]4C3)sc2C(=O)c2c1[nH]c1cc(C#N)ccc21. The number of hydrogen-bond donors (Lipinski definition) is 2. The molecule has 28 heavy (non-hydrogen) atoms. The average Bonchev–Trinajstić information content (AvgIpc) is 3.19. The van der Waals surface area contributed by atoms with Crippen LogP contribution in [0.5, 0.6) is 0 Å². The lowest BCUT2D eigenvalue weighted by atomic mass is 9.77. The van der Waals surface area contributed by atoms with Crippen molar-refractivity contribution in [2.45, 2.75) is 25.3 Å². The van der Waals surface area contributed by atoms with E-state index in [9.17, 15) is 10.1 Å².